The van der Waals surface area contributed by atoms with Crippen molar-refractivity contribution in [3.05, 3.63) is 0 Å². The average Bonchev–Trinajstić information content (AvgIpc) is 2.56. The van der Waals surface area contributed by atoms with Gasteiger partial charge in [-0.25, -0.2) is 0 Å². The molecule has 0 spiro atoms. The van der Waals surface area contributed by atoms with Gasteiger partial charge in [-0.2, -0.15) is 0 Å². The molecule has 1 aliphatic carbocycles. The Balaban J connectivity index is 1.84. The van der Waals surface area contributed by atoms with Crippen molar-refractivity contribution in [3.8, 4) is 0 Å². The van der Waals surface area contributed by atoms with Gasteiger partial charge in [0.15, 0.2) is 0 Å². The van der Waals surface area contributed by atoms with Crippen LogP contribution in [-0.2, 0) is 4.79 Å². The van der Waals surface area contributed by atoms with Crippen molar-refractivity contribution >= 4 is 5.78 Å². The Morgan fingerprint density at radius 1 is 1.12 bits per heavy atom. The van der Waals surface area contributed by atoms with Crippen LogP contribution < -0.4 is 0 Å². The van der Waals surface area contributed by atoms with Crippen molar-refractivity contribution in [2.75, 3.05) is 32.7 Å². The maximum absolute atomic E-state index is 12.1. The molecule has 0 aromatic heterocycles. The molecule has 0 aromatic carbocycles. The van der Waals surface area contributed by atoms with Crippen LogP contribution in [0, 0.1) is 0 Å². The van der Waals surface area contributed by atoms with Gasteiger partial charge < -0.3 is 4.90 Å². The Labute approximate surface area is 105 Å². The van der Waals surface area contributed by atoms with Crippen molar-refractivity contribution in [1.29, 1.82) is 0 Å². The van der Waals surface area contributed by atoms with Gasteiger partial charge in [-0.05, 0) is 25.8 Å². The number of ketones is 1. The van der Waals surface area contributed by atoms with Crippen LogP contribution in [0.2, 0.25) is 0 Å². The molecule has 3 nitrogen and oxygen atoms in total. The molecule has 0 bridgehead atoms. The third-order valence-corrected chi connectivity index (χ3v) is 4.16. The summed E-state index contributed by atoms with van der Waals surface area (Å²) in [5.41, 5.74) is 0. The molecule has 2 aliphatic rings. The lowest BCUT2D eigenvalue weighted by molar-refractivity contribution is -0.124. The lowest BCUT2D eigenvalue weighted by atomic mass is 10.0. The molecule has 1 saturated carbocycles. The first kappa shape index (κ1) is 13.0. The molecule has 98 valence electrons. The summed E-state index contributed by atoms with van der Waals surface area (Å²) in [6.45, 7) is 7.94. The number of rotatable bonds is 3. The Bertz CT molecular complexity index is 247. The van der Waals surface area contributed by atoms with Gasteiger partial charge in [-0.3, -0.25) is 9.69 Å². The SMILES string of the molecule is CCCN1CCN(C2CCCCCC2=O)CC1. The molecule has 2 rings (SSSR count). The van der Waals surface area contributed by atoms with E-state index in [4.69, 9.17) is 0 Å². The van der Waals surface area contributed by atoms with E-state index in [1.807, 2.05) is 0 Å². The summed E-state index contributed by atoms with van der Waals surface area (Å²) < 4.78 is 0. The zero-order valence-corrected chi connectivity index (χ0v) is 11.2. The summed E-state index contributed by atoms with van der Waals surface area (Å²) >= 11 is 0. The van der Waals surface area contributed by atoms with E-state index in [2.05, 4.69) is 16.7 Å². The third-order valence-electron chi connectivity index (χ3n) is 4.16. The first-order valence-electron chi connectivity index (χ1n) is 7.30. The highest BCUT2D eigenvalue weighted by molar-refractivity contribution is 5.84. The molecule has 1 heterocycles. The van der Waals surface area contributed by atoms with E-state index in [-0.39, 0.29) is 6.04 Å². The lowest BCUT2D eigenvalue weighted by Crippen LogP contribution is -2.52. The number of hydrogen-bond donors (Lipinski definition) is 0. The van der Waals surface area contributed by atoms with Gasteiger partial charge in [-0.15, -0.1) is 0 Å². The molecule has 0 N–H and O–H groups in total. The van der Waals surface area contributed by atoms with Crippen molar-refractivity contribution in [2.24, 2.45) is 0 Å². The molecule has 1 atom stereocenters. The van der Waals surface area contributed by atoms with Crippen LogP contribution in [0.15, 0.2) is 0 Å². The van der Waals surface area contributed by atoms with Gasteiger partial charge in [0.05, 0.1) is 6.04 Å². The summed E-state index contributed by atoms with van der Waals surface area (Å²) in [5.74, 6) is 0.506. The lowest BCUT2D eigenvalue weighted by Gasteiger charge is -2.38. The molecule has 1 aliphatic heterocycles. The molecule has 2 fully saturated rings. The van der Waals surface area contributed by atoms with Crippen molar-refractivity contribution in [1.82, 2.24) is 9.80 Å². The number of hydrogen-bond acceptors (Lipinski definition) is 3. The second kappa shape index (κ2) is 6.50. The number of carbonyl (C=O) groups excluding carboxylic acids is 1. The van der Waals surface area contributed by atoms with E-state index in [9.17, 15) is 4.79 Å². The van der Waals surface area contributed by atoms with Gasteiger partial charge in [0.25, 0.3) is 0 Å². The maximum atomic E-state index is 12.1. The summed E-state index contributed by atoms with van der Waals surface area (Å²) in [6.07, 6.45) is 6.77. The van der Waals surface area contributed by atoms with Crippen molar-refractivity contribution in [2.45, 2.75) is 51.5 Å². The van der Waals surface area contributed by atoms with Crippen molar-refractivity contribution < 1.29 is 4.79 Å². The number of Topliss-reactive ketones (excluding diaryl/α,β-unsaturated/α-hetero) is 1. The minimum absolute atomic E-state index is 0.251. The van der Waals surface area contributed by atoms with E-state index in [1.165, 1.54) is 25.8 Å². The van der Waals surface area contributed by atoms with Crippen LogP contribution in [-0.4, -0.2) is 54.3 Å². The predicted octanol–water partition coefficient (Wildman–Crippen LogP) is 1.92. The number of nitrogens with zero attached hydrogens (tertiary/aromatic N) is 2. The Morgan fingerprint density at radius 3 is 2.59 bits per heavy atom. The molecule has 1 saturated heterocycles. The quantitative estimate of drug-likeness (QED) is 0.702. The molecule has 17 heavy (non-hydrogen) atoms. The van der Waals surface area contributed by atoms with Gasteiger partial charge in [0.2, 0.25) is 0 Å². The minimum atomic E-state index is 0.251. The van der Waals surface area contributed by atoms with E-state index in [1.54, 1.807) is 0 Å². The van der Waals surface area contributed by atoms with E-state index in [0.717, 1.165) is 45.4 Å². The van der Waals surface area contributed by atoms with Gasteiger partial charge >= 0.3 is 0 Å². The van der Waals surface area contributed by atoms with Gasteiger partial charge in [-0.1, -0.05) is 19.8 Å². The second-order valence-electron chi connectivity index (χ2n) is 5.46. The van der Waals surface area contributed by atoms with Crippen LogP contribution in [0.25, 0.3) is 0 Å². The highest BCUT2D eigenvalue weighted by Crippen LogP contribution is 2.20. The fraction of sp³-hybridized carbons (Fsp3) is 0.929. The standard InChI is InChI=1S/C14H26N2O/c1-2-8-15-9-11-16(12-10-15)13-6-4-3-5-7-14(13)17/h13H,2-12H2,1H3. The normalized spacial score (nSPS) is 29.2. The van der Waals surface area contributed by atoms with E-state index in [0.29, 0.717) is 5.78 Å². The van der Waals surface area contributed by atoms with Crippen LogP contribution >= 0.6 is 0 Å². The Hall–Kier alpha value is -0.410. The van der Waals surface area contributed by atoms with Gasteiger partial charge in [0, 0.05) is 32.6 Å². The van der Waals surface area contributed by atoms with Crippen LogP contribution in [0.3, 0.4) is 0 Å². The Morgan fingerprint density at radius 2 is 1.88 bits per heavy atom. The molecule has 0 radical (unpaired) electrons. The summed E-state index contributed by atoms with van der Waals surface area (Å²) in [4.78, 5) is 17.0. The third kappa shape index (κ3) is 3.52. The second-order valence-corrected chi connectivity index (χ2v) is 5.46. The van der Waals surface area contributed by atoms with E-state index >= 15 is 0 Å². The Kier molecular flexibility index (Phi) is 4.99. The van der Waals surface area contributed by atoms with E-state index < -0.39 is 0 Å². The average molecular weight is 238 g/mol. The molecule has 3 heteroatoms. The maximum Gasteiger partial charge on any atom is 0.149 e. The molecular formula is C14H26N2O. The van der Waals surface area contributed by atoms with Crippen LogP contribution in [0.4, 0.5) is 0 Å². The van der Waals surface area contributed by atoms with Crippen LogP contribution in [0.1, 0.15) is 45.4 Å². The highest BCUT2D eigenvalue weighted by Gasteiger charge is 2.29. The first-order valence-corrected chi connectivity index (χ1v) is 7.30. The minimum Gasteiger partial charge on any atom is -0.301 e. The molecule has 1 unspecified atom stereocenters. The molecule has 0 amide bonds. The number of piperazine rings is 1. The molecular weight excluding hydrogens is 212 g/mol. The summed E-state index contributed by atoms with van der Waals surface area (Å²) in [7, 11) is 0. The smallest absolute Gasteiger partial charge is 0.149 e. The summed E-state index contributed by atoms with van der Waals surface area (Å²) in [5, 5.41) is 0. The van der Waals surface area contributed by atoms with Crippen molar-refractivity contribution in [3.63, 3.8) is 0 Å². The number of carbonyl (C=O) groups is 1. The largest absolute Gasteiger partial charge is 0.301 e. The monoisotopic (exact) mass is 238 g/mol. The fourth-order valence-electron chi connectivity index (χ4n) is 3.14. The topological polar surface area (TPSA) is 23.6 Å². The zero-order valence-electron chi connectivity index (χ0n) is 11.2. The fourth-order valence-corrected chi connectivity index (χ4v) is 3.14. The zero-order chi connectivity index (χ0) is 12.1. The van der Waals surface area contributed by atoms with Crippen LogP contribution in [0.5, 0.6) is 0 Å². The molecule has 0 aromatic rings. The predicted molar refractivity (Wildman–Crippen MR) is 70.2 cm³/mol. The summed E-state index contributed by atoms with van der Waals surface area (Å²) in [6, 6.07) is 0.251. The van der Waals surface area contributed by atoms with Gasteiger partial charge in [0.1, 0.15) is 5.78 Å². The highest BCUT2D eigenvalue weighted by atomic mass is 16.1. The first-order chi connectivity index (χ1) is 8.31.